The number of piperazine rings is 1. The Hall–Kier alpha value is -2.38. The van der Waals surface area contributed by atoms with Crippen LogP contribution < -0.4 is 4.31 Å². The predicted molar refractivity (Wildman–Crippen MR) is 109 cm³/mol. The van der Waals surface area contributed by atoms with Gasteiger partial charge in [-0.25, -0.2) is 8.42 Å². The highest BCUT2D eigenvalue weighted by molar-refractivity contribution is 7.92. The van der Waals surface area contributed by atoms with Gasteiger partial charge in [-0.3, -0.25) is 9.10 Å². The number of sulfonamides is 1. The molecule has 0 bridgehead atoms. The highest BCUT2D eigenvalue weighted by atomic mass is 32.2. The first kappa shape index (κ1) is 19.0. The second kappa shape index (κ2) is 7.22. The molecule has 28 heavy (non-hydrogen) atoms. The first-order valence-electron chi connectivity index (χ1n) is 9.58. The van der Waals surface area contributed by atoms with Gasteiger partial charge in [0.1, 0.15) is 0 Å². The van der Waals surface area contributed by atoms with Crippen molar-refractivity contribution in [3.05, 3.63) is 59.7 Å². The van der Waals surface area contributed by atoms with Gasteiger partial charge in [-0.15, -0.1) is 0 Å². The van der Waals surface area contributed by atoms with Crippen LogP contribution in [0.15, 0.2) is 53.4 Å². The summed E-state index contributed by atoms with van der Waals surface area (Å²) in [5, 5.41) is 0. The van der Waals surface area contributed by atoms with Crippen LogP contribution in [0.25, 0.3) is 0 Å². The second-order valence-electron chi connectivity index (χ2n) is 7.60. The van der Waals surface area contributed by atoms with Crippen molar-refractivity contribution in [3.63, 3.8) is 0 Å². The van der Waals surface area contributed by atoms with E-state index in [1.807, 2.05) is 43.1 Å². The molecular formula is C21H25N3O3S. The SMILES string of the molecule is CC1Cc2ccccc2N1S(=O)(=O)c1ccc(C(=O)N2CCN(C)CC2)cc1. The minimum absolute atomic E-state index is 0.0445. The molecule has 1 unspecified atom stereocenters. The number of likely N-dealkylation sites (N-methyl/N-ethyl adjacent to an activating group) is 1. The van der Waals surface area contributed by atoms with E-state index in [-0.39, 0.29) is 16.8 Å². The summed E-state index contributed by atoms with van der Waals surface area (Å²) in [6.07, 6.45) is 0.704. The largest absolute Gasteiger partial charge is 0.336 e. The van der Waals surface area contributed by atoms with Crippen molar-refractivity contribution < 1.29 is 13.2 Å². The molecule has 4 rings (SSSR count). The van der Waals surface area contributed by atoms with E-state index in [1.165, 1.54) is 4.31 Å². The monoisotopic (exact) mass is 399 g/mol. The van der Waals surface area contributed by atoms with E-state index in [0.29, 0.717) is 25.1 Å². The fourth-order valence-electron chi connectivity index (χ4n) is 3.98. The first-order valence-corrected chi connectivity index (χ1v) is 11.0. The molecule has 0 aliphatic carbocycles. The molecule has 2 aliphatic heterocycles. The van der Waals surface area contributed by atoms with Gasteiger partial charge in [0.15, 0.2) is 0 Å². The average Bonchev–Trinajstić information content (AvgIpc) is 3.04. The van der Waals surface area contributed by atoms with Crippen LogP contribution >= 0.6 is 0 Å². The number of rotatable bonds is 3. The Morgan fingerprint density at radius 2 is 1.61 bits per heavy atom. The molecule has 6 nitrogen and oxygen atoms in total. The number of hydrogen-bond donors (Lipinski definition) is 0. The number of anilines is 1. The molecular weight excluding hydrogens is 374 g/mol. The highest BCUT2D eigenvalue weighted by Gasteiger charge is 2.35. The number of amides is 1. The van der Waals surface area contributed by atoms with E-state index < -0.39 is 10.0 Å². The van der Waals surface area contributed by atoms with Crippen molar-refractivity contribution in [2.45, 2.75) is 24.3 Å². The number of para-hydroxylation sites is 1. The third-order valence-corrected chi connectivity index (χ3v) is 7.54. The van der Waals surface area contributed by atoms with Gasteiger partial charge < -0.3 is 9.80 Å². The number of hydrogen-bond acceptors (Lipinski definition) is 4. The van der Waals surface area contributed by atoms with Crippen molar-refractivity contribution in [1.82, 2.24) is 9.80 Å². The molecule has 0 N–H and O–H groups in total. The minimum Gasteiger partial charge on any atom is -0.336 e. The molecule has 0 spiro atoms. The van der Waals surface area contributed by atoms with E-state index in [9.17, 15) is 13.2 Å². The topological polar surface area (TPSA) is 60.9 Å². The zero-order valence-electron chi connectivity index (χ0n) is 16.2. The summed E-state index contributed by atoms with van der Waals surface area (Å²) in [5.41, 5.74) is 2.31. The molecule has 2 aromatic carbocycles. The molecule has 1 amide bonds. The number of nitrogens with zero attached hydrogens (tertiary/aromatic N) is 3. The van der Waals surface area contributed by atoms with Gasteiger partial charge in [0.2, 0.25) is 0 Å². The summed E-state index contributed by atoms with van der Waals surface area (Å²) in [6, 6.07) is 13.8. The molecule has 148 valence electrons. The van der Waals surface area contributed by atoms with E-state index in [4.69, 9.17) is 0 Å². The molecule has 2 aliphatic rings. The molecule has 1 saturated heterocycles. The molecule has 2 aromatic rings. The highest BCUT2D eigenvalue weighted by Crippen LogP contribution is 2.36. The average molecular weight is 400 g/mol. The lowest BCUT2D eigenvalue weighted by molar-refractivity contribution is 0.0664. The lowest BCUT2D eigenvalue weighted by atomic mass is 10.1. The molecule has 1 atom stereocenters. The van der Waals surface area contributed by atoms with Crippen LogP contribution in [0, 0.1) is 0 Å². The van der Waals surface area contributed by atoms with Gasteiger partial charge >= 0.3 is 0 Å². The molecule has 0 saturated carbocycles. The van der Waals surface area contributed by atoms with E-state index in [1.54, 1.807) is 24.3 Å². The van der Waals surface area contributed by atoms with Crippen LogP contribution in [0.4, 0.5) is 5.69 Å². The van der Waals surface area contributed by atoms with Crippen molar-refractivity contribution in [2.75, 3.05) is 37.5 Å². The molecule has 2 heterocycles. The van der Waals surface area contributed by atoms with Crippen LogP contribution in [0.1, 0.15) is 22.8 Å². The van der Waals surface area contributed by atoms with Crippen molar-refractivity contribution >= 4 is 21.6 Å². The third kappa shape index (κ3) is 3.29. The van der Waals surface area contributed by atoms with Crippen molar-refractivity contribution in [3.8, 4) is 0 Å². The zero-order chi connectivity index (χ0) is 19.9. The molecule has 0 aromatic heterocycles. The number of benzene rings is 2. The number of carbonyl (C=O) groups is 1. The molecule has 1 fully saturated rings. The maximum absolute atomic E-state index is 13.3. The van der Waals surface area contributed by atoms with Crippen LogP contribution in [-0.2, 0) is 16.4 Å². The Morgan fingerprint density at radius 3 is 2.29 bits per heavy atom. The Morgan fingerprint density at radius 1 is 0.964 bits per heavy atom. The lowest BCUT2D eigenvalue weighted by Gasteiger charge is -2.32. The number of carbonyl (C=O) groups excluding carboxylic acids is 1. The Labute approximate surface area is 166 Å². The van der Waals surface area contributed by atoms with E-state index >= 15 is 0 Å². The second-order valence-corrected chi connectivity index (χ2v) is 9.42. The van der Waals surface area contributed by atoms with Crippen LogP contribution in [0.3, 0.4) is 0 Å². The van der Waals surface area contributed by atoms with Gasteiger partial charge in [-0.2, -0.15) is 0 Å². The van der Waals surface area contributed by atoms with E-state index in [0.717, 1.165) is 24.3 Å². The van der Waals surface area contributed by atoms with Crippen LogP contribution in [-0.4, -0.2) is 63.4 Å². The fraction of sp³-hybridized carbons (Fsp3) is 0.381. The summed E-state index contributed by atoms with van der Waals surface area (Å²) in [6.45, 7) is 5.01. The zero-order valence-corrected chi connectivity index (χ0v) is 17.0. The summed E-state index contributed by atoms with van der Waals surface area (Å²) in [7, 11) is -1.63. The van der Waals surface area contributed by atoms with Crippen molar-refractivity contribution in [2.24, 2.45) is 0 Å². The van der Waals surface area contributed by atoms with Gasteiger partial charge in [0.25, 0.3) is 15.9 Å². The maximum atomic E-state index is 13.3. The predicted octanol–water partition coefficient (Wildman–Crippen LogP) is 2.21. The number of fused-ring (bicyclic) bond motifs is 1. The molecule has 0 radical (unpaired) electrons. The summed E-state index contributed by atoms with van der Waals surface area (Å²) in [4.78, 5) is 16.9. The quantitative estimate of drug-likeness (QED) is 0.794. The normalized spacial score (nSPS) is 20.3. The van der Waals surface area contributed by atoms with Crippen LogP contribution in [0.5, 0.6) is 0 Å². The Balaban J connectivity index is 1.57. The third-order valence-electron chi connectivity index (χ3n) is 5.59. The first-order chi connectivity index (χ1) is 13.4. The van der Waals surface area contributed by atoms with Crippen LogP contribution in [0.2, 0.25) is 0 Å². The Kier molecular flexibility index (Phi) is 4.89. The lowest BCUT2D eigenvalue weighted by Crippen LogP contribution is -2.47. The summed E-state index contributed by atoms with van der Waals surface area (Å²) in [5.74, 6) is -0.0445. The van der Waals surface area contributed by atoms with E-state index in [2.05, 4.69) is 4.90 Å². The van der Waals surface area contributed by atoms with Gasteiger partial charge in [0, 0.05) is 37.8 Å². The minimum atomic E-state index is -3.67. The smallest absolute Gasteiger partial charge is 0.264 e. The van der Waals surface area contributed by atoms with Gasteiger partial charge in [-0.05, 0) is 56.3 Å². The standard InChI is InChI=1S/C21H25N3O3S/c1-16-15-18-5-3-4-6-20(18)24(16)28(26,27)19-9-7-17(8-10-19)21(25)23-13-11-22(2)12-14-23/h3-10,16H,11-15H2,1-2H3. The maximum Gasteiger partial charge on any atom is 0.264 e. The fourth-order valence-corrected chi connectivity index (χ4v) is 5.67. The molecule has 7 heteroatoms. The van der Waals surface area contributed by atoms with Gasteiger partial charge in [-0.1, -0.05) is 18.2 Å². The summed E-state index contributed by atoms with van der Waals surface area (Å²) >= 11 is 0. The van der Waals surface area contributed by atoms with Gasteiger partial charge in [0.05, 0.1) is 10.6 Å². The summed E-state index contributed by atoms with van der Waals surface area (Å²) < 4.78 is 28.0. The Bertz CT molecular complexity index is 980. The van der Waals surface area contributed by atoms with Crippen molar-refractivity contribution in [1.29, 1.82) is 0 Å².